The first-order valence-corrected chi connectivity index (χ1v) is 25.6. The van der Waals surface area contributed by atoms with Gasteiger partial charge in [0.2, 0.25) is 41.4 Å². The van der Waals surface area contributed by atoms with E-state index in [4.69, 9.17) is 39.8 Å². The summed E-state index contributed by atoms with van der Waals surface area (Å²) in [4.78, 5) is 104. The Morgan fingerprint density at radius 1 is 0.726 bits per heavy atom. The molecule has 73 heavy (non-hydrogen) atoms. The molecule has 3 heterocycles. The number of amides is 7. The van der Waals surface area contributed by atoms with Crippen molar-refractivity contribution in [2.75, 3.05) is 65.4 Å². The van der Waals surface area contributed by atoms with E-state index in [0.29, 0.717) is 76.7 Å². The number of hydrogen-bond donors (Lipinski definition) is 15. The molecule has 1 aromatic rings. The highest BCUT2D eigenvalue weighted by molar-refractivity contribution is 5.96. The number of hydrogen-bond acceptors (Lipinski definition) is 15. The molecule has 0 radical (unpaired) electrons. The smallest absolute Gasteiger partial charge is 0.243 e. The highest BCUT2D eigenvalue weighted by Gasteiger charge is 2.37. The fourth-order valence-corrected chi connectivity index (χ4v) is 8.21. The zero-order valence-electron chi connectivity index (χ0n) is 43.2. The largest absolute Gasteiger partial charge is 0.384 e. The number of amidine groups is 1. The van der Waals surface area contributed by atoms with Crippen LogP contribution in [-0.4, -0.2) is 165 Å². The summed E-state index contributed by atoms with van der Waals surface area (Å²) in [7, 11) is 0. The van der Waals surface area contributed by atoms with E-state index in [1.807, 2.05) is 0 Å². The Bertz CT molecular complexity index is 1970. The minimum Gasteiger partial charge on any atom is -0.384 e. The minimum absolute atomic E-state index is 0.0615. The van der Waals surface area contributed by atoms with Gasteiger partial charge in [0.05, 0.1) is 6.04 Å². The van der Waals surface area contributed by atoms with Gasteiger partial charge in [-0.1, -0.05) is 45.0 Å². The molecule has 4 rings (SSSR count). The number of fused-ring (bicyclic) bond motifs is 30. The summed E-state index contributed by atoms with van der Waals surface area (Å²) in [5, 5.41) is 30.6. The number of nitrogen functional groups attached to an aromatic ring is 1. The maximum Gasteiger partial charge on any atom is 0.243 e. The molecule has 3 fully saturated rings. The van der Waals surface area contributed by atoms with Gasteiger partial charge in [-0.3, -0.25) is 49.3 Å². The Kier molecular flexibility index (Phi) is 27.1. The van der Waals surface area contributed by atoms with Crippen molar-refractivity contribution in [1.82, 2.24) is 52.3 Å². The first-order chi connectivity index (χ1) is 34.6. The van der Waals surface area contributed by atoms with Gasteiger partial charge in [0.15, 0.2) is 5.96 Å². The SMILES string of the molecule is CC(C)(C)[C@@H]1NC(=O)[C@H](CCCNC(N)N)NC(=O)[C@H](CCCN=C(N)N)NC(=O)[C@@H](N)CCCCNC(=O)CCN2CCN(CCC(=O)NCCCC[C@@H](C(=O)NCc3ccc(C(=N)N)cc3)NC1=O)CC2. The number of nitrogens with two attached hydrogens (primary N) is 6. The van der Waals surface area contributed by atoms with Gasteiger partial charge in [-0.25, -0.2) is 0 Å². The molecule has 3 aliphatic heterocycles. The van der Waals surface area contributed by atoms with Crippen molar-refractivity contribution in [3.05, 3.63) is 35.4 Å². The predicted molar refractivity (Wildman–Crippen MR) is 280 cm³/mol. The second-order valence-electron chi connectivity index (χ2n) is 19.9. The van der Waals surface area contributed by atoms with E-state index >= 15 is 0 Å². The van der Waals surface area contributed by atoms with Crippen molar-refractivity contribution in [2.45, 2.75) is 141 Å². The normalized spacial score (nSPS) is 24.7. The zero-order valence-corrected chi connectivity index (χ0v) is 43.2. The summed E-state index contributed by atoms with van der Waals surface area (Å²) in [6.45, 7) is 10.8. The summed E-state index contributed by atoms with van der Waals surface area (Å²) in [6, 6.07) is 1.15. The molecule has 0 unspecified atom stereocenters. The van der Waals surface area contributed by atoms with Crippen molar-refractivity contribution >= 4 is 53.1 Å². The summed E-state index contributed by atoms with van der Waals surface area (Å²) in [5.74, 6) is -3.53. The molecule has 3 saturated heterocycles. The van der Waals surface area contributed by atoms with Crippen LogP contribution < -0.4 is 76.9 Å². The molecule has 2 bridgehead atoms. The number of aliphatic imine (C=N–C) groups is 1. The van der Waals surface area contributed by atoms with Gasteiger partial charge in [-0.15, -0.1) is 0 Å². The lowest BCUT2D eigenvalue weighted by Gasteiger charge is -2.34. The molecular weight excluding hydrogens is 941 g/mol. The lowest BCUT2D eigenvalue weighted by atomic mass is 9.85. The van der Waals surface area contributed by atoms with Crippen molar-refractivity contribution in [3.63, 3.8) is 0 Å². The second kappa shape index (κ2) is 32.2. The molecule has 21 N–H and O–H groups in total. The van der Waals surface area contributed by atoms with Crippen LogP contribution in [0.5, 0.6) is 0 Å². The van der Waals surface area contributed by atoms with Crippen LogP contribution in [-0.2, 0) is 40.1 Å². The van der Waals surface area contributed by atoms with Crippen LogP contribution in [0.3, 0.4) is 0 Å². The van der Waals surface area contributed by atoms with Crippen LogP contribution in [0.2, 0.25) is 0 Å². The molecular formula is C48H86N18O7. The third kappa shape index (κ3) is 24.5. The van der Waals surface area contributed by atoms with Crippen LogP contribution in [0.25, 0.3) is 0 Å². The fourth-order valence-electron chi connectivity index (χ4n) is 8.21. The number of carbonyl (C=O) groups excluding carboxylic acids is 7. The van der Waals surface area contributed by atoms with Gasteiger partial charge in [0.25, 0.3) is 0 Å². The van der Waals surface area contributed by atoms with E-state index in [2.05, 4.69) is 57.3 Å². The summed E-state index contributed by atoms with van der Waals surface area (Å²) < 4.78 is 0. The first-order valence-electron chi connectivity index (χ1n) is 25.6. The Labute approximate surface area is 429 Å². The van der Waals surface area contributed by atoms with Crippen molar-refractivity contribution in [1.29, 1.82) is 5.41 Å². The number of carbonyl (C=O) groups is 7. The second-order valence-corrected chi connectivity index (χ2v) is 19.9. The van der Waals surface area contributed by atoms with Crippen LogP contribution in [0, 0.1) is 10.8 Å². The molecule has 0 spiro atoms. The monoisotopic (exact) mass is 1030 g/mol. The molecule has 0 saturated carbocycles. The van der Waals surface area contributed by atoms with Gasteiger partial charge in [-0.2, -0.15) is 0 Å². The van der Waals surface area contributed by atoms with Crippen molar-refractivity contribution in [3.8, 4) is 0 Å². The Morgan fingerprint density at radius 3 is 1.79 bits per heavy atom. The molecule has 3 aliphatic rings. The highest BCUT2D eigenvalue weighted by atomic mass is 16.2. The molecule has 0 aromatic heterocycles. The fraction of sp³-hybridized carbons (Fsp3) is 0.688. The van der Waals surface area contributed by atoms with E-state index in [-0.39, 0.29) is 75.3 Å². The van der Waals surface area contributed by atoms with Crippen LogP contribution >= 0.6 is 0 Å². The van der Waals surface area contributed by atoms with Crippen LogP contribution in [0.4, 0.5) is 0 Å². The number of piperazine rings is 1. The van der Waals surface area contributed by atoms with Gasteiger partial charge < -0.3 is 81.4 Å². The topological polar surface area (TPSA) is 415 Å². The highest BCUT2D eigenvalue weighted by Crippen LogP contribution is 2.21. The average Bonchev–Trinajstić information content (AvgIpc) is 3.34. The molecule has 410 valence electrons. The van der Waals surface area contributed by atoms with Crippen LogP contribution in [0.1, 0.15) is 109 Å². The lowest BCUT2D eigenvalue weighted by molar-refractivity contribution is -0.136. The summed E-state index contributed by atoms with van der Waals surface area (Å²) >= 11 is 0. The van der Waals surface area contributed by atoms with Crippen molar-refractivity contribution in [2.24, 2.45) is 44.8 Å². The predicted octanol–water partition coefficient (Wildman–Crippen LogP) is -3.49. The minimum atomic E-state index is -1.23. The van der Waals surface area contributed by atoms with Gasteiger partial charge in [0.1, 0.15) is 36.3 Å². The van der Waals surface area contributed by atoms with E-state index in [1.165, 1.54) is 0 Å². The quantitative estimate of drug-likeness (QED) is 0.0300. The first kappa shape index (κ1) is 61.3. The zero-order chi connectivity index (χ0) is 53.9. The third-order valence-electron chi connectivity index (χ3n) is 12.7. The third-order valence-corrected chi connectivity index (χ3v) is 12.7. The molecule has 5 atom stereocenters. The van der Waals surface area contributed by atoms with E-state index in [9.17, 15) is 33.6 Å². The maximum absolute atomic E-state index is 14.4. The lowest BCUT2D eigenvalue weighted by Crippen LogP contribution is -2.61. The molecule has 0 aliphatic carbocycles. The maximum atomic E-state index is 14.4. The Morgan fingerprint density at radius 2 is 1.26 bits per heavy atom. The van der Waals surface area contributed by atoms with Crippen molar-refractivity contribution < 1.29 is 33.6 Å². The molecule has 1 aromatic carbocycles. The van der Waals surface area contributed by atoms with Crippen LogP contribution in [0.15, 0.2) is 29.3 Å². The standard InChI is InChI=1S/C48H86N18O7/c1-48(2,3)39-45(73)63-34(42(70)60-30-31-14-16-32(17-15-31)40(50)51)11-5-7-21-57-38(68)19-25-66-28-26-65(27-29-66)24-18-37(67)56-20-6-4-10-33(49)41(69)61-35(12-8-22-58-46(52)53)43(71)62-36(44(72)64-39)13-9-23-59-47(54)55/h14-17,33-36,39,47,59H,4-13,18-30,49,54-55H2,1-3H3,(H3,50,51)(H,56,67)(H,57,68)(H,60,70)(H,61,69)(H,62,71)(H,63,73)(H,64,72)(H4,52,53,58)/t33-,34-,35-,36-,39+/m0/s1. The number of benzene rings is 1. The summed E-state index contributed by atoms with van der Waals surface area (Å²) in [5.41, 5.74) is 34.7. The van der Waals surface area contributed by atoms with Gasteiger partial charge >= 0.3 is 0 Å². The van der Waals surface area contributed by atoms with Gasteiger partial charge in [-0.05, 0) is 81.7 Å². The van der Waals surface area contributed by atoms with Gasteiger partial charge in [0, 0.05) is 83.9 Å². The Hall–Kier alpha value is -5.99. The number of nitrogens with zero attached hydrogens (tertiary/aromatic N) is 3. The van der Waals surface area contributed by atoms with E-state index in [1.54, 1.807) is 45.0 Å². The van der Waals surface area contributed by atoms with E-state index in [0.717, 1.165) is 31.7 Å². The summed E-state index contributed by atoms with van der Waals surface area (Å²) in [6.07, 6.45) is 3.05. The average molecular weight is 1030 g/mol. The van der Waals surface area contributed by atoms with E-state index < -0.39 is 71.4 Å². The number of rotatable bonds is 13. The number of nitrogens with one attached hydrogen (secondary N) is 9. The molecule has 25 nitrogen and oxygen atoms in total. The number of guanidine groups is 1. The Balaban J connectivity index is 1.90. The molecule has 7 amide bonds. The molecule has 25 heteroatoms.